The number of phosphoric acid groups is 1. The molecular weight excluding hydrogens is 990 g/mol. The van der Waals surface area contributed by atoms with Gasteiger partial charge in [0.1, 0.15) is 19.8 Å². The van der Waals surface area contributed by atoms with Crippen LogP contribution in [0, 0.1) is 0 Å². The zero-order valence-corrected chi connectivity index (χ0v) is 53.6. The number of rotatable bonds is 64. The topological polar surface area (TPSA) is 108 Å². The van der Waals surface area contributed by atoms with Crippen LogP contribution in [0.5, 0.6) is 0 Å². The number of unbranched alkanes of at least 4 members (excludes halogenated alkanes) is 46. The highest BCUT2D eigenvalue weighted by Crippen LogP contribution is 2.43. The van der Waals surface area contributed by atoms with Crippen LogP contribution in [0.1, 0.15) is 348 Å². The van der Waals surface area contributed by atoms with E-state index in [2.05, 4.69) is 38.2 Å². The number of likely N-dealkylation sites (N-methyl/N-ethyl adjacent to an activating group) is 1. The molecule has 0 spiro atoms. The van der Waals surface area contributed by atoms with Crippen molar-refractivity contribution in [1.29, 1.82) is 0 Å². The van der Waals surface area contributed by atoms with Crippen molar-refractivity contribution in [3.05, 3.63) is 24.3 Å². The van der Waals surface area contributed by atoms with Crippen LogP contribution in [0.15, 0.2) is 24.3 Å². The molecule has 0 fully saturated rings. The van der Waals surface area contributed by atoms with Crippen LogP contribution in [-0.4, -0.2) is 74.9 Å². The summed E-state index contributed by atoms with van der Waals surface area (Å²) in [6, 6.07) is 0. The van der Waals surface area contributed by atoms with E-state index >= 15 is 0 Å². The number of nitrogens with zero attached hydrogens (tertiary/aromatic N) is 1. The van der Waals surface area contributed by atoms with Gasteiger partial charge in [0.2, 0.25) is 0 Å². The minimum Gasteiger partial charge on any atom is -0.462 e. The smallest absolute Gasteiger partial charge is 0.462 e. The highest BCUT2D eigenvalue weighted by Gasteiger charge is 2.27. The van der Waals surface area contributed by atoms with Crippen LogP contribution in [0.25, 0.3) is 0 Å². The second-order valence-electron chi connectivity index (χ2n) is 24.6. The molecule has 1 N–H and O–H groups in total. The standard InChI is InChI=1S/C68H132NO8P/c1-6-8-10-12-14-16-18-20-21-22-23-24-25-26-27-28-29-30-31-32-33-34-35-36-37-38-39-40-41-42-43-44-45-46-47-49-51-53-55-57-59-61-68(71)77-66(65-76-78(72,73)75-63-62-69(3,4)5)64-74-67(70)60-58-56-54-52-50-48-19-17-15-13-11-9-7-2/h18,20,22-23,66H,6-17,19,21,24-65H2,1-5H3/p+1/b20-18-,23-22-. The Hall–Kier alpha value is -1.51. The molecule has 0 rings (SSSR count). The second kappa shape index (κ2) is 60.1. The molecule has 0 aromatic rings. The SMILES string of the molecule is CCCCCCC/C=C\C/C=C\CCCCCCCCCCCCCCCCCCCCCCCCCCCCCCCC(=O)OC(COC(=O)CCCCCCCCCCCCCCC)COP(=O)(O)OCC[N+](C)(C)C. The summed E-state index contributed by atoms with van der Waals surface area (Å²) in [5.41, 5.74) is 0. The quantitative estimate of drug-likeness (QED) is 0.0211. The lowest BCUT2D eigenvalue weighted by atomic mass is 10.0. The van der Waals surface area contributed by atoms with Gasteiger partial charge in [-0.25, -0.2) is 4.57 Å². The fourth-order valence-electron chi connectivity index (χ4n) is 10.2. The lowest BCUT2D eigenvalue weighted by Gasteiger charge is -2.24. The maximum absolute atomic E-state index is 12.8. The first kappa shape index (κ1) is 76.5. The van der Waals surface area contributed by atoms with Gasteiger partial charge in [0.05, 0.1) is 27.7 Å². The minimum absolute atomic E-state index is 0.0362. The van der Waals surface area contributed by atoms with Gasteiger partial charge in [0.25, 0.3) is 0 Å². The average molecular weight is 1120 g/mol. The largest absolute Gasteiger partial charge is 0.472 e. The lowest BCUT2D eigenvalue weighted by molar-refractivity contribution is -0.870. The third-order valence-corrected chi connectivity index (χ3v) is 16.5. The van der Waals surface area contributed by atoms with Crippen LogP contribution in [-0.2, 0) is 32.7 Å². The Kier molecular flexibility index (Phi) is 58.9. The van der Waals surface area contributed by atoms with Gasteiger partial charge in [-0.15, -0.1) is 0 Å². The van der Waals surface area contributed by atoms with Gasteiger partial charge in [-0.05, 0) is 44.9 Å². The highest BCUT2D eigenvalue weighted by atomic mass is 31.2. The molecule has 0 aromatic heterocycles. The first-order valence-corrected chi connectivity index (χ1v) is 35.6. The molecule has 0 bridgehead atoms. The number of quaternary nitrogens is 1. The Morgan fingerprint density at radius 3 is 1.01 bits per heavy atom. The molecule has 0 aliphatic rings. The maximum Gasteiger partial charge on any atom is 0.472 e. The number of hydrogen-bond acceptors (Lipinski definition) is 7. The van der Waals surface area contributed by atoms with Crippen LogP contribution in [0.4, 0.5) is 0 Å². The molecule has 0 aliphatic carbocycles. The Morgan fingerprint density at radius 1 is 0.397 bits per heavy atom. The van der Waals surface area contributed by atoms with E-state index in [9.17, 15) is 19.0 Å². The normalized spacial score (nSPS) is 13.3. The van der Waals surface area contributed by atoms with Crippen molar-refractivity contribution in [1.82, 2.24) is 0 Å². The number of carbonyl (C=O) groups is 2. The van der Waals surface area contributed by atoms with Crippen molar-refractivity contribution >= 4 is 19.8 Å². The van der Waals surface area contributed by atoms with Crippen LogP contribution in [0.3, 0.4) is 0 Å². The molecule has 78 heavy (non-hydrogen) atoms. The van der Waals surface area contributed by atoms with Crippen LogP contribution in [0.2, 0.25) is 0 Å². The third-order valence-electron chi connectivity index (χ3n) is 15.5. The van der Waals surface area contributed by atoms with E-state index in [1.807, 2.05) is 21.1 Å². The van der Waals surface area contributed by atoms with Gasteiger partial charge in [-0.1, -0.05) is 314 Å². The monoisotopic (exact) mass is 1120 g/mol. The minimum atomic E-state index is -4.38. The first-order valence-electron chi connectivity index (χ1n) is 34.1. The predicted molar refractivity (Wildman–Crippen MR) is 335 cm³/mol. The Labute approximate surface area is 485 Å². The summed E-state index contributed by atoms with van der Waals surface area (Å²) in [5.74, 6) is -0.777. The van der Waals surface area contributed by atoms with Crippen LogP contribution < -0.4 is 0 Å². The van der Waals surface area contributed by atoms with Gasteiger partial charge in [-0.2, -0.15) is 0 Å². The molecule has 2 atom stereocenters. The van der Waals surface area contributed by atoms with Gasteiger partial charge in [0.15, 0.2) is 6.10 Å². The van der Waals surface area contributed by atoms with E-state index < -0.39 is 26.5 Å². The first-order chi connectivity index (χ1) is 38.0. The van der Waals surface area contributed by atoms with Crippen molar-refractivity contribution in [3.8, 4) is 0 Å². The summed E-state index contributed by atoms with van der Waals surface area (Å²) >= 11 is 0. The average Bonchev–Trinajstić information content (AvgIpc) is 3.40. The number of carbonyl (C=O) groups excluding carboxylic acids is 2. The predicted octanol–water partition coefficient (Wildman–Crippen LogP) is 21.7. The molecular formula is C68H133NO8P+. The lowest BCUT2D eigenvalue weighted by Crippen LogP contribution is -2.37. The van der Waals surface area contributed by atoms with Crippen LogP contribution >= 0.6 is 7.82 Å². The van der Waals surface area contributed by atoms with E-state index in [1.165, 1.54) is 276 Å². The van der Waals surface area contributed by atoms with Crippen molar-refractivity contribution < 1.29 is 42.1 Å². The molecule has 0 heterocycles. The van der Waals surface area contributed by atoms with E-state index in [-0.39, 0.29) is 25.6 Å². The number of ether oxygens (including phenoxy) is 2. The summed E-state index contributed by atoms with van der Waals surface area (Å²) in [4.78, 5) is 35.7. The molecule has 9 nitrogen and oxygen atoms in total. The number of allylic oxidation sites excluding steroid dienone is 4. The Balaban J connectivity index is 3.81. The van der Waals surface area contributed by atoms with Crippen molar-refractivity contribution in [2.45, 2.75) is 354 Å². The Bertz CT molecular complexity index is 1370. The molecule has 0 saturated carbocycles. The molecule has 462 valence electrons. The fraction of sp³-hybridized carbons (Fsp3) is 0.912. The summed E-state index contributed by atoms with van der Waals surface area (Å²) < 4.78 is 34.6. The van der Waals surface area contributed by atoms with E-state index in [0.29, 0.717) is 17.4 Å². The van der Waals surface area contributed by atoms with Gasteiger partial charge in [-0.3, -0.25) is 18.6 Å². The molecule has 0 saturated heterocycles. The second-order valence-corrected chi connectivity index (χ2v) is 26.0. The number of phosphoric ester groups is 1. The zero-order valence-electron chi connectivity index (χ0n) is 52.7. The van der Waals surface area contributed by atoms with Crippen molar-refractivity contribution in [3.63, 3.8) is 0 Å². The fourth-order valence-corrected chi connectivity index (χ4v) is 11.0. The Morgan fingerprint density at radius 2 is 0.692 bits per heavy atom. The maximum atomic E-state index is 12.8. The van der Waals surface area contributed by atoms with E-state index in [0.717, 1.165) is 44.9 Å². The molecule has 0 radical (unpaired) electrons. The zero-order chi connectivity index (χ0) is 57.0. The van der Waals surface area contributed by atoms with Crippen molar-refractivity contribution in [2.75, 3.05) is 47.5 Å². The van der Waals surface area contributed by atoms with Gasteiger partial charge in [0, 0.05) is 12.8 Å². The van der Waals surface area contributed by atoms with Gasteiger partial charge >= 0.3 is 19.8 Å². The van der Waals surface area contributed by atoms with Gasteiger partial charge < -0.3 is 18.9 Å². The highest BCUT2D eigenvalue weighted by molar-refractivity contribution is 7.47. The summed E-state index contributed by atoms with van der Waals surface area (Å²) in [7, 11) is 1.50. The number of esters is 2. The number of hydrogen-bond donors (Lipinski definition) is 1. The molecule has 10 heteroatoms. The summed E-state index contributed by atoms with van der Waals surface area (Å²) in [6.07, 6.45) is 74.5. The van der Waals surface area contributed by atoms with Crippen molar-refractivity contribution in [2.24, 2.45) is 0 Å². The van der Waals surface area contributed by atoms with E-state index in [4.69, 9.17) is 18.5 Å². The van der Waals surface area contributed by atoms with E-state index in [1.54, 1.807) is 0 Å². The summed E-state index contributed by atoms with van der Waals surface area (Å²) in [6.45, 7) is 4.48. The molecule has 0 aromatic carbocycles. The molecule has 0 aliphatic heterocycles. The molecule has 0 amide bonds. The third kappa shape index (κ3) is 63.7. The summed E-state index contributed by atoms with van der Waals surface area (Å²) in [5, 5.41) is 0. The molecule has 2 unspecified atom stereocenters.